The molecule has 4 rings (SSSR count). The minimum absolute atomic E-state index is 0.0301. The number of fused-ring (bicyclic) bond motifs is 2. The fourth-order valence-corrected chi connectivity index (χ4v) is 3.89. The first kappa shape index (κ1) is 16.7. The van der Waals surface area contributed by atoms with Crippen molar-refractivity contribution in [2.24, 2.45) is 5.92 Å². The highest BCUT2D eigenvalue weighted by atomic mass is 16.5. The van der Waals surface area contributed by atoms with Crippen LogP contribution < -0.4 is 14.4 Å². The normalized spacial score (nSPS) is 14.5. The average molecular weight is 349 g/mol. The number of amides is 1. The summed E-state index contributed by atoms with van der Waals surface area (Å²) in [5.74, 6) is 1.64. The predicted molar refractivity (Wildman–Crippen MR) is 106 cm³/mol. The Morgan fingerprint density at radius 1 is 0.962 bits per heavy atom. The summed E-state index contributed by atoms with van der Waals surface area (Å²) in [5, 5.41) is 4.05. The molecule has 26 heavy (non-hydrogen) atoms. The third kappa shape index (κ3) is 2.11. The van der Waals surface area contributed by atoms with Gasteiger partial charge in [-0.2, -0.15) is 0 Å². The van der Waals surface area contributed by atoms with Gasteiger partial charge in [0, 0.05) is 16.8 Å². The molecule has 134 valence electrons. The van der Waals surface area contributed by atoms with Crippen molar-refractivity contribution in [1.82, 2.24) is 0 Å². The molecule has 0 aromatic heterocycles. The lowest BCUT2D eigenvalue weighted by Gasteiger charge is -2.28. The quantitative estimate of drug-likeness (QED) is 0.621. The number of hydrogen-bond acceptors (Lipinski definition) is 3. The van der Waals surface area contributed by atoms with Crippen LogP contribution in [0.5, 0.6) is 11.5 Å². The first-order chi connectivity index (χ1) is 12.5. The molecule has 1 atom stereocenters. The Kier molecular flexibility index (Phi) is 3.79. The number of ether oxygens (including phenoxy) is 2. The molecule has 1 aliphatic rings. The van der Waals surface area contributed by atoms with E-state index in [0.29, 0.717) is 23.0 Å². The second-order valence-corrected chi connectivity index (χ2v) is 7.19. The first-order valence-corrected chi connectivity index (χ1v) is 8.93. The van der Waals surface area contributed by atoms with Crippen LogP contribution in [-0.4, -0.2) is 26.2 Å². The largest absolute Gasteiger partial charge is 0.493 e. The highest BCUT2D eigenvalue weighted by Gasteiger charge is 2.36. The second-order valence-electron chi connectivity index (χ2n) is 7.19. The maximum absolute atomic E-state index is 13.3. The molecule has 1 heterocycles. The number of nitrogens with zero attached hydrogens (tertiary/aromatic N) is 1. The van der Waals surface area contributed by atoms with E-state index in [0.717, 1.165) is 27.2 Å². The van der Waals surface area contributed by atoms with Crippen LogP contribution >= 0.6 is 0 Å². The number of anilines is 1. The van der Waals surface area contributed by atoms with E-state index < -0.39 is 0 Å². The molecule has 0 bridgehead atoms. The van der Waals surface area contributed by atoms with Crippen molar-refractivity contribution < 1.29 is 14.3 Å². The molecule has 0 saturated carbocycles. The maximum atomic E-state index is 13.3. The van der Waals surface area contributed by atoms with Crippen molar-refractivity contribution in [3.63, 3.8) is 0 Å². The summed E-state index contributed by atoms with van der Waals surface area (Å²) in [5.41, 5.74) is 1.65. The smallest absolute Gasteiger partial charge is 0.259 e. The molecule has 4 nitrogen and oxygen atoms in total. The van der Waals surface area contributed by atoms with Gasteiger partial charge < -0.3 is 14.4 Å². The zero-order valence-corrected chi connectivity index (χ0v) is 15.8. The predicted octanol–water partition coefficient (Wildman–Crippen LogP) is 5.01. The molecule has 3 aromatic rings. The third-order valence-corrected chi connectivity index (χ3v) is 5.53. The Morgan fingerprint density at radius 2 is 1.69 bits per heavy atom. The molecular formula is C22H23NO3. The van der Waals surface area contributed by atoms with Gasteiger partial charge in [-0.25, -0.2) is 0 Å². The van der Waals surface area contributed by atoms with Crippen LogP contribution in [0, 0.1) is 5.92 Å². The summed E-state index contributed by atoms with van der Waals surface area (Å²) in [6.07, 6.45) is 0. The molecule has 0 fully saturated rings. The standard InChI is InChI=1S/C22H23NO3/c1-12(2)13(3)23-17-10-14-8-6-7-9-15(14)20-19(17)16(22(23)24)11-18(25-4)21(20)26-5/h6-13H,1-5H3. The average Bonchev–Trinajstić information content (AvgIpc) is 2.92. The summed E-state index contributed by atoms with van der Waals surface area (Å²) in [7, 11) is 3.25. The van der Waals surface area contributed by atoms with E-state index in [1.807, 2.05) is 23.1 Å². The van der Waals surface area contributed by atoms with Crippen LogP contribution in [0.2, 0.25) is 0 Å². The Labute approximate surface area is 153 Å². The number of carbonyl (C=O) groups is 1. The van der Waals surface area contributed by atoms with E-state index in [2.05, 4.69) is 39.0 Å². The van der Waals surface area contributed by atoms with Gasteiger partial charge in [-0.3, -0.25) is 4.79 Å². The Hall–Kier alpha value is -2.75. The molecule has 0 aliphatic carbocycles. The highest BCUT2D eigenvalue weighted by Crippen LogP contribution is 2.49. The zero-order valence-electron chi connectivity index (χ0n) is 15.8. The third-order valence-electron chi connectivity index (χ3n) is 5.53. The summed E-state index contributed by atoms with van der Waals surface area (Å²) in [6, 6.07) is 12.2. The lowest BCUT2D eigenvalue weighted by atomic mass is 9.97. The maximum Gasteiger partial charge on any atom is 0.259 e. The van der Waals surface area contributed by atoms with Crippen molar-refractivity contribution >= 4 is 33.1 Å². The Balaban J connectivity index is 2.19. The Morgan fingerprint density at radius 3 is 2.35 bits per heavy atom. The van der Waals surface area contributed by atoms with Gasteiger partial charge >= 0.3 is 0 Å². The van der Waals surface area contributed by atoms with Crippen molar-refractivity contribution in [2.75, 3.05) is 19.1 Å². The van der Waals surface area contributed by atoms with E-state index in [4.69, 9.17) is 9.47 Å². The summed E-state index contributed by atoms with van der Waals surface area (Å²) in [6.45, 7) is 6.38. The van der Waals surface area contributed by atoms with Crippen LogP contribution in [0.25, 0.3) is 21.5 Å². The molecule has 0 spiro atoms. The molecule has 3 aromatic carbocycles. The SMILES string of the molecule is COc1cc2c3c(cc4ccccc4c3c1OC)N(C(C)C(C)C)C2=O. The van der Waals surface area contributed by atoms with Gasteiger partial charge in [0.05, 0.1) is 25.5 Å². The van der Waals surface area contributed by atoms with E-state index in [-0.39, 0.29) is 11.9 Å². The fraction of sp³-hybridized carbons (Fsp3) is 0.318. The summed E-state index contributed by atoms with van der Waals surface area (Å²) >= 11 is 0. The van der Waals surface area contributed by atoms with Crippen LogP contribution in [0.4, 0.5) is 5.69 Å². The van der Waals surface area contributed by atoms with Gasteiger partial charge in [0.1, 0.15) is 0 Å². The number of methoxy groups -OCH3 is 2. The fourth-order valence-electron chi connectivity index (χ4n) is 3.89. The number of rotatable bonds is 4. The second kappa shape index (κ2) is 5.90. The van der Waals surface area contributed by atoms with Gasteiger partial charge in [-0.05, 0) is 35.7 Å². The lowest BCUT2D eigenvalue weighted by Crippen LogP contribution is -2.39. The van der Waals surface area contributed by atoms with Crippen LogP contribution in [0.3, 0.4) is 0 Å². The number of benzene rings is 3. The molecule has 0 radical (unpaired) electrons. The van der Waals surface area contributed by atoms with E-state index in [1.54, 1.807) is 14.2 Å². The van der Waals surface area contributed by atoms with Gasteiger partial charge in [-0.15, -0.1) is 0 Å². The monoisotopic (exact) mass is 349 g/mol. The van der Waals surface area contributed by atoms with Gasteiger partial charge in [-0.1, -0.05) is 38.1 Å². The van der Waals surface area contributed by atoms with Crippen LogP contribution in [0.15, 0.2) is 36.4 Å². The lowest BCUT2D eigenvalue weighted by molar-refractivity contribution is 0.0979. The zero-order chi connectivity index (χ0) is 18.6. The van der Waals surface area contributed by atoms with E-state index in [9.17, 15) is 4.79 Å². The molecule has 0 saturated heterocycles. The van der Waals surface area contributed by atoms with Crippen molar-refractivity contribution in [3.8, 4) is 11.5 Å². The van der Waals surface area contributed by atoms with Crippen molar-refractivity contribution in [2.45, 2.75) is 26.8 Å². The van der Waals surface area contributed by atoms with Gasteiger partial charge in [0.2, 0.25) is 0 Å². The van der Waals surface area contributed by atoms with Gasteiger partial charge in [0.15, 0.2) is 11.5 Å². The molecule has 4 heteroatoms. The van der Waals surface area contributed by atoms with Crippen LogP contribution in [-0.2, 0) is 0 Å². The molecule has 0 N–H and O–H groups in total. The molecular weight excluding hydrogens is 326 g/mol. The highest BCUT2D eigenvalue weighted by molar-refractivity contribution is 6.31. The first-order valence-electron chi connectivity index (χ1n) is 8.93. The molecule has 1 amide bonds. The number of hydrogen-bond donors (Lipinski definition) is 0. The molecule has 1 unspecified atom stereocenters. The topological polar surface area (TPSA) is 38.8 Å². The van der Waals surface area contributed by atoms with Crippen LogP contribution in [0.1, 0.15) is 31.1 Å². The number of carbonyl (C=O) groups excluding carboxylic acids is 1. The van der Waals surface area contributed by atoms with E-state index in [1.165, 1.54) is 0 Å². The van der Waals surface area contributed by atoms with E-state index >= 15 is 0 Å². The summed E-state index contributed by atoms with van der Waals surface area (Å²) < 4.78 is 11.3. The minimum Gasteiger partial charge on any atom is -0.493 e. The Bertz CT molecular complexity index is 1040. The molecule has 1 aliphatic heterocycles. The van der Waals surface area contributed by atoms with Crippen molar-refractivity contribution in [3.05, 3.63) is 42.0 Å². The minimum atomic E-state index is 0.0301. The summed E-state index contributed by atoms with van der Waals surface area (Å²) in [4.78, 5) is 15.2. The van der Waals surface area contributed by atoms with Crippen molar-refractivity contribution in [1.29, 1.82) is 0 Å². The van der Waals surface area contributed by atoms with Gasteiger partial charge in [0.25, 0.3) is 5.91 Å².